The molecule has 76 valence electrons. The lowest BCUT2D eigenvalue weighted by Crippen LogP contribution is -2.21. The second-order valence-corrected chi connectivity index (χ2v) is 4.40. The summed E-state index contributed by atoms with van der Waals surface area (Å²) in [4.78, 5) is 2.33. The predicted molar refractivity (Wildman–Crippen MR) is 56.4 cm³/mol. The summed E-state index contributed by atoms with van der Waals surface area (Å²) in [5, 5.41) is 8.80. The maximum absolute atomic E-state index is 8.80. The molecule has 0 fully saturated rings. The molecule has 0 spiro atoms. The molecule has 0 atom stereocenters. The Balaban J connectivity index is 3.51. The van der Waals surface area contributed by atoms with Gasteiger partial charge in [0.2, 0.25) is 0 Å². The largest absolute Gasteiger partial charge is 0.306 e. The summed E-state index contributed by atoms with van der Waals surface area (Å²) >= 11 is 0. The fourth-order valence-electron chi connectivity index (χ4n) is 1.34. The molecule has 0 radical (unpaired) electrons. The first-order valence-corrected chi connectivity index (χ1v) is 5.11. The molecular weight excluding hydrogens is 160 g/mol. The molecule has 0 aliphatic carbocycles. The van der Waals surface area contributed by atoms with Crippen LogP contribution < -0.4 is 0 Å². The Bertz CT molecular complexity index is 167. The Morgan fingerprint density at radius 3 is 2.38 bits per heavy atom. The first-order chi connectivity index (χ1) is 6.02. The van der Waals surface area contributed by atoms with E-state index < -0.39 is 0 Å². The highest BCUT2D eigenvalue weighted by Gasteiger charge is 2.15. The van der Waals surface area contributed by atoms with Crippen LogP contribution in [0.2, 0.25) is 0 Å². The van der Waals surface area contributed by atoms with E-state index in [1.807, 2.05) is 13.8 Å². The van der Waals surface area contributed by atoms with Gasteiger partial charge >= 0.3 is 0 Å². The van der Waals surface area contributed by atoms with Gasteiger partial charge in [-0.1, -0.05) is 6.92 Å². The number of nitrogens with zero attached hydrogens (tertiary/aromatic N) is 2. The van der Waals surface area contributed by atoms with Gasteiger partial charge in [0, 0.05) is 0 Å². The smallest absolute Gasteiger partial charge is 0.0683 e. The van der Waals surface area contributed by atoms with Crippen molar-refractivity contribution >= 4 is 0 Å². The van der Waals surface area contributed by atoms with E-state index >= 15 is 0 Å². The van der Waals surface area contributed by atoms with Crippen LogP contribution in [0.25, 0.3) is 0 Å². The quantitative estimate of drug-likeness (QED) is 0.631. The Morgan fingerprint density at radius 1 is 1.31 bits per heavy atom. The second-order valence-electron chi connectivity index (χ2n) is 4.40. The molecule has 0 saturated carbocycles. The van der Waals surface area contributed by atoms with Crippen LogP contribution in [-0.4, -0.2) is 25.0 Å². The summed E-state index contributed by atoms with van der Waals surface area (Å²) in [6, 6.07) is 2.33. The van der Waals surface area contributed by atoms with Gasteiger partial charge < -0.3 is 4.90 Å². The van der Waals surface area contributed by atoms with Gasteiger partial charge in [0.05, 0.1) is 11.5 Å². The van der Waals surface area contributed by atoms with E-state index in [1.54, 1.807) is 0 Å². The Hall–Kier alpha value is -0.550. The van der Waals surface area contributed by atoms with E-state index in [9.17, 15) is 0 Å². The minimum absolute atomic E-state index is 0.146. The van der Waals surface area contributed by atoms with E-state index in [0.717, 1.165) is 25.9 Å². The zero-order chi connectivity index (χ0) is 10.3. The van der Waals surface area contributed by atoms with Gasteiger partial charge in [-0.15, -0.1) is 0 Å². The molecule has 2 heteroatoms. The molecule has 0 rings (SSSR count). The molecule has 0 aromatic carbocycles. The summed E-state index contributed by atoms with van der Waals surface area (Å²) in [5.74, 6) is 0. The van der Waals surface area contributed by atoms with E-state index in [0.29, 0.717) is 0 Å². The van der Waals surface area contributed by atoms with Crippen LogP contribution in [0.1, 0.15) is 40.0 Å². The van der Waals surface area contributed by atoms with Crippen LogP contribution in [0.3, 0.4) is 0 Å². The Labute approximate surface area is 82.5 Å². The van der Waals surface area contributed by atoms with E-state index in [2.05, 4.69) is 24.9 Å². The SMILES string of the molecule is CCCN(C)CCCC(C)(C)C#N. The molecule has 0 aromatic rings. The minimum Gasteiger partial charge on any atom is -0.306 e. The molecule has 0 saturated heterocycles. The van der Waals surface area contributed by atoms with Gasteiger partial charge in [-0.3, -0.25) is 0 Å². The molecule has 0 bridgehead atoms. The van der Waals surface area contributed by atoms with Crippen molar-refractivity contribution in [3.8, 4) is 6.07 Å². The van der Waals surface area contributed by atoms with Crippen LogP contribution in [0, 0.1) is 16.7 Å². The monoisotopic (exact) mass is 182 g/mol. The third-order valence-electron chi connectivity index (χ3n) is 2.25. The van der Waals surface area contributed by atoms with Crippen molar-refractivity contribution in [2.24, 2.45) is 5.41 Å². The number of nitriles is 1. The third kappa shape index (κ3) is 6.60. The molecule has 0 aliphatic heterocycles. The molecule has 0 aromatic heterocycles. The molecule has 0 aliphatic rings. The highest BCUT2D eigenvalue weighted by molar-refractivity contribution is 4.91. The minimum atomic E-state index is -0.146. The standard InChI is InChI=1S/C11H22N2/c1-5-8-13(4)9-6-7-11(2,3)10-12/h5-9H2,1-4H3. The molecule has 0 N–H and O–H groups in total. The van der Waals surface area contributed by atoms with E-state index in [4.69, 9.17) is 5.26 Å². The van der Waals surface area contributed by atoms with Crippen molar-refractivity contribution in [1.82, 2.24) is 4.90 Å². The highest BCUT2D eigenvalue weighted by Crippen LogP contribution is 2.20. The topological polar surface area (TPSA) is 27.0 Å². The summed E-state index contributed by atoms with van der Waals surface area (Å²) in [5.41, 5.74) is -0.146. The zero-order valence-corrected chi connectivity index (χ0v) is 9.43. The van der Waals surface area contributed by atoms with Gasteiger partial charge in [-0.2, -0.15) is 5.26 Å². The second kappa shape index (κ2) is 5.99. The normalized spacial score (nSPS) is 11.7. The van der Waals surface area contributed by atoms with Crippen LogP contribution in [-0.2, 0) is 0 Å². The zero-order valence-electron chi connectivity index (χ0n) is 9.43. The molecule has 13 heavy (non-hydrogen) atoms. The lowest BCUT2D eigenvalue weighted by molar-refractivity contribution is 0.304. The lowest BCUT2D eigenvalue weighted by Gasteiger charge is -2.19. The van der Waals surface area contributed by atoms with Gasteiger partial charge in [0.15, 0.2) is 0 Å². The third-order valence-corrected chi connectivity index (χ3v) is 2.25. The average molecular weight is 182 g/mol. The maximum atomic E-state index is 8.80. The van der Waals surface area contributed by atoms with Gasteiger partial charge in [0.1, 0.15) is 0 Å². The molecule has 0 unspecified atom stereocenters. The summed E-state index contributed by atoms with van der Waals surface area (Å²) < 4.78 is 0. The fraction of sp³-hybridized carbons (Fsp3) is 0.909. The Morgan fingerprint density at radius 2 is 1.92 bits per heavy atom. The molecular formula is C11H22N2. The van der Waals surface area contributed by atoms with Crippen molar-refractivity contribution in [3.63, 3.8) is 0 Å². The predicted octanol–water partition coefficient (Wildman–Crippen LogP) is 2.66. The average Bonchev–Trinajstić information content (AvgIpc) is 2.05. The molecule has 0 heterocycles. The summed E-state index contributed by atoms with van der Waals surface area (Å²) in [6.45, 7) is 8.47. The fourth-order valence-corrected chi connectivity index (χ4v) is 1.34. The van der Waals surface area contributed by atoms with E-state index in [1.165, 1.54) is 6.42 Å². The van der Waals surface area contributed by atoms with Crippen molar-refractivity contribution in [1.29, 1.82) is 5.26 Å². The van der Waals surface area contributed by atoms with Gasteiger partial charge in [0.25, 0.3) is 0 Å². The van der Waals surface area contributed by atoms with Crippen LogP contribution in [0.15, 0.2) is 0 Å². The van der Waals surface area contributed by atoms with Gasteiger partial charge in [-0.05, 0) is 53.2 Å². The number of hydrogen-bond donors (Lipinski definition) is 0. The summed E-state index contributed by atoms with van der Waals surface area (Å²) in [6.07, 6.45) is 3.33. The van der Waals surface area contributed by atoms with E-state index in [-0.39, 0.29) is 5.41 Å². The van der Waals surface area contributed by atoms with Gasteiger partial charge in [-0.25, -0.2) is 0 Å². The van der Waals surface area contributed by atoms with Crippen LogP contribution >= 0.6 is 0 Å². The van der Waals surface area contributed by atoms with Crippen molar-refractivity contribution in [2.45, 2.75) is 40.0 Å². The van der Waals surface area contributed by atoms with Crippen molar-refractivity contribution < 1.29 is 0 Å². The number of hydrogen-bond acceptors (Lipinski definition) is 2. The lowest BCUT2D eigenvalue weighted by atomic mass is 9.90. The maximum Gasteiger partial charge on any atom is 0.0683 e. The van der Waals surface area contributed by atoms with Crippen molar-refractivity contribution in [3.05, 3.63) is 0 Å². The summed E-state index contributed by atoms with van der Waals surface area (Å²) in [7, 11) is 2.14. The molecule has 2 nitrogen and oxygen atoms in total. The number of rotatable bonds is 6. The van der Waals surface area contributed by atoms with Crippen LogP contribution in [0.5, 0.6) is 0 Å². The first-order valence-electron chi connectivity index (χ1n) is 5.11. The van der Waals surface area contributed by atoms with Crippen LogP contribution in [0.4, 0.5) is 0 Å². The van der Waals surface area contributed by atoms with Crippen molar-refractivity contribution in [2.75, 3.05) is 20.1 Å². The highest BCUT2D eigenvalue weighted by atomic mass is 15.1. The Kier molecular flexibility index (Phi) is 5.73. The molecule has 0 amide bonds. The first kappa shape index (κ1) is 12.4.